The van der Waals surface area contributed by atoms with Crippen molar-refractivity contribution in [3.63, 3.8) is 0 Å². The summed E-state index contributed by atoms with van der Waals surface area (Å²) in [7, 11) is 0. The van der Waals surface area contributed by atoms with Crippen LogP contribution in [-0.2, 0) is 14.3 Å². The second-order valence-electron chi connectivity index (χ2n) is 2.67. The maximum atomic E-state index is 11.1. The van der Waals surface area contributed by atoms with E-state index in [1.54, 1.807) is 0 Å². The predicted molar refractivity (Wildman–Crippen MR) is 40.6 cm³/mol. The number of hydrogen-bond donors (Lipinski definition) is 2. The van der Waals surface area contributed by atoms with Crippen LogP contribution in [0.15, 0.2) is 0 Å². The second kappa shape index (κ2) is 4.31. The molecule has 1 fully saturated rings. The standard InChI is InChI=1S/C7H11NO5/c9-1-5(2-10)8-6(11)3-13-4-7(8)12/h5,9-10H,1-4H2. The van der Waals surface area contributed by atoms with Gasteiger partial charge in [0, 0.05) is 0 Å². The van der Waals surface area contributed by atoms with Crippen LogP contribution in [0.2, 0.25) is 0 Å². The van der Waals surface area contributed by atoms with Crippen molar-refractivity contribution in [1.29, 1.82) is 0 Å². The Morgan fingerprint density at radius 1 is 1.23 bits per heavy atom. The minimum atomic E-state index is -0.844. The average molecular weight is 189 g/mol. The lowest BCUT2D eigenvalue weighted by molar-refractivity contribution is -0.163. The number of nitrogens with zero attached hydrogens (tertiary/aromatic N) is 1. The molecule has 1 saturated heterocycles. The van der Waals surface area contributed by atoms with E-state index in [0.717, 1.165) is 4.90 Å². The van der Waals surface area contributed by atoms with Crippen LogP contribution in [0.5, 0.6) is 0 Å². The van der Waals surface area contributed by atoms with Crippen molar-refractivity contribution in [3.8, 4) is 0 Å². The number of morpholine rings is 1. The molecule has 2 N–H and O–H groups in total. The van der Waals surface area contributed by atoms with Gasteiger partial charge in [-0.2, -0.15) is 0 Å². The first-order chi connectivity index (χ1) is 6.20. The molecule has 74 valence electrons. The number of amides is 2. The molecule has 0 spiro atoms. The topological polar surface area (TPSA) is 87.1 Å². The summed E-state index contributed by atoms with van der Waals surface area (Å²) in [6, 6.07) is -0.844. The lowest BCUT2D eigenvalue weighted by atomic mass is 10.2. The van der Waals surface area contributed by atoms with Gasteiger partial charge in [0.1, 0.15) is 13.2 Å². The minimum absolute atomic E-state index is 0.178. The van der Waals surface area contributed by atoms with Crippen LogP contribution in [0, 0.1) is 0 Å². The zero-order valence-electron chi connectivity index (χ0n) is 6.97. The number of aliphatic hydroxyl groups is 2. The van der Waals surface area contributed by atoms with Crippen molar-refractivity contribution >= 4 is 11.8 Å². The summed E-state index contributed by atoms with van der Waals surface area (Å²) in [5.41, 5.74) is 0. The van der Waals surface area contributed by atoms with Gasteiger partial charge in [0.25, 0.3) is 11.8 Å². The monoisotopic (exact) mass is 189 g/mol. The minimum Gasteiger partial charge on any atom is -0.394 e. The van der Waals surface area contributed by atoms with Crippen LogP contribution >= 0.6 is 0 Å². The highest BCUT2D eigenvalue weighted by atomic mass is 16.5. The Kier molecular flexibility index (Phi) is 3.35. The molecule has 6 nitrogen and oxygen atoms in total. The SMILES string of the molecule is O=C1COCC(=O)N1C(CO)CO. The van der Waals surface area contributed by atoms with Crippen LogP contribution in [0.4, 0.5) is 0 Å². The highest BCUT2D eigenvalue weighted by Gasteiger charge is 2.32. The summed E-state index contributed by atoms with van der Waals surface area (Å²) < 4.78 is 4.66. The van der Waals surface area contributed by atoms with Gasteiger partial charge in [-0.3, -0.25) is 14.5 Å². The van der Waals surface area contributed by atoms with Crippen molar-refractivity contribution in [3.05, 3.63) is 0 Å². The fourth-order valence-electron chi connectivity index (χ4n) is 1.13. The Morgan fingerprint density at radius 3 is 2.08 bits per heavy atom. The zero-order chi connectivity index (χ0) is 9.84. The third kappa shape index (κ3) is 2.03. The van der Waals surface area contributed by atoms with Crippen molar-refractivity contribution in [2.75, 3.05) is 26.4 Å². The number of rotatable bonds is 3. The smallest absolute Gasteiger partial charge is 0.255 e. The number of ether oxygens (including phenoxy) is 1. The fraction of sp³-hybridized carbons (Fsp3) is 0.714. The summed E-state index contributed by atoms with van der Waals surface area (Å²) >= 11 is 0. The predicted octanol–water partition coefficient (Wildman–Crippen LogP) is -2.27. The molecule has 1 heterocycles. The number of aliphatic hydroxyl groups excluding tert-OH is 2. The van der Waals surface area contributed by atoms with Crippen molar-refractivity contribution in [2.24, 2.45) is 0 Å². The Labute approximate surface area is 74.7 Å². The van der Waals surface area contributed by atoms with Crippen molar-refractivity contribution in [2.45, 2.75) is 6.04 Å². The largest absolute Gasteiger partial charge is 0.394 e. The van der Waals surface area contributed by atoms with E-state index in [1.165, 1.54) is 0 Å². The molecule has 0 radical (unpaired) electrons. The molecule has 6 heteroatoms. The Hall–Kier alpha value is -0.980. The van der Waals surface area contributed by atoms with Gasteiger partial charge in [0.15, 0.2) is 0 Å². The average Bonchev–Trinajstić information content (AvgIpc) is 2.11. The first-order valence-electron chi connectivity index (χ1n) is 3.85. The fourth-order valence-corrected chi connectivity index (χ4v) is 1.13. The number of imide groups is 1. The molecule has 0 atom stereocenters. The molecular weight excluding hydrogens is 178 g/mol. The molecule has 2 amide bonds. The van der Waals surface area contributed by atoms with Crippen LogP contribution in [-0.4, -0.2) is 59.4 Å². The number of carbonyl (C=O) groups is 2. The molecule has 13 heavy (non-hydrogen) atoms. The Bertz CT molecular complexity index is 197. The van der Waals surface area contributed by atoms with Gasteiger partial charge < -0.3 is 14.9 Å². The Morgan fingerprint density at radius 2 is 1.69 bits per heavy atom. The van der Waals surface area contributed by atoms with Crippen molar-refractivity contribution in [1.82, 2.24) is 4.90 Å². The second-order valence-corrected chi connectivity index (χ2v) is 2.67. The molecule has 0 aromatic heterocycles. The van der Waals surface area contributed by atoms with Crippen LogP contribution in [0.25, 0.3) is 0 Å². The van der Waals surface area contributed by atoms with E-state index in [-0.39, 0.29) is 13.2 Å². The molecule has 0 aromatic carbocycles. The van der Waals surface area contributed by atoms with Gasteiger partial charge in [-0.15, -0.1) is 0 Å². The molecule has 0 aliphatic carbocycles. The number of hydrogen-bond acceptors (Lipinski definition) is 5. The van der Waals surface area contributed by atoms with Crippen LogP contribution in [0.1, 0.15) is 0 Å². The summed E-state index contributed by atoms with van der Waals surface area (Å²) in [5, 5.41) is 17.5. The van der Waals surface area contributed by atoms with E-state index in [2.05, 4.69) is 4.74 Å². The van der Waals surface area contributed by atoms with E-state index in [4.69, 9.17) is 10.2 Å². The first-order valence-corrected chi connectivity index (χ1v) is 3.85. The molecule has 1 rings (SSSR count). The summed E-state index contributed by atoms with van der Waals surface area (Å²) in [5.74, 6) is -1.05. The quantitative estimate of drug-likeness (QED) is 0.489. The first kappa shape index (κ1) is 10.1. The van der Waals surface area contributed by atoms with Gasteiger partial charge in [0.05, 0.1) is 19.3 Å². The highest BCUT2D eigenvalue weighted by molar-refractivity contribution is 5.98. The zero-order valence-corrected chi connectivity index (χ0v) is 6.97. The van der Waals surface area contributed by atoms with Gasteiger partial charge >= 0.3 is 0 Å². The van der Waals surface area contributed by atoms with Crippen LogP contribution < -0.4 is 0 Å². The molecule has 1 aliphatic rings. The maximum absolute atomic E-state index is 11.1. The van der Waals surface area contributed by atoms with E-state index in [9.17, 15) is 9.59 Å². The molecule has 0 unspecified atom stereocenters. The lowest BCUT2D eigenvalue weighted by Crippen LogP contribution is -2.54. The summed E-state index contributed by atoms with van der Waals surface area (Å²) in [6.45, 7) is -1.23. The van der Waals surface area contributed by atoms with Crippen LogP contribution in [0.3, 0.4) is 0 Å². The lowest BCUT2D eigenvalue weighted by Gasteiger charge is -2.30. The van der Waals surface area contributed by atoms with E-state index in [0.29, 0.717) is 0 Å². The summed E-state index contributed by atoms with van der Waals surface area (Å²) in [4.78, 5) is 23.1. The third-order valence-electron chi connectivity index (χ3n) is 1.78. The molecule has 1 aliphatic heterocycles. The van der Waals surface area contributed by atoms with Gasteiger partial charge in [0.2, 0.25) is 0 Å². The van der Waals surface area contributed by atoms with E-state index >= 15 is 0 Å². The van der Waals surface area contributed by atoms with Gasteiger partial charge in [-0.05, 0) is 0 Å². The van der Waals surface area contributed by atoms with E-state index < -0.39 is 31.1 Å². The van der Waals surface area contributed by atoms with Gasteiger partial charge in [-0.1, -0.05) is 0 Å². The van der Waals surface area contributed by atoms with Gasteiger partial charge in [-0.25, -0.2) is 0 Å². The molecular formula is C7H11NO5. The van der Waals surface area contributed by atoms with E-state index in [1.807, 2.05) is 0 Å². The normalized spacial score (nSPS) is 18.5. The molecule has 0 bridgehead atoms. The Balaban J connectivity index is 2.72. The van der Waals surface area contributed by atoms with Crippen molar-refractivity contribution < 1.29 is 24.5 Å². The third-order valence-corrected chi connectivity index (χ3v) is 1.78. The maximum Gasteiger partial charge on any atom is 0.255 e. The number of carbonyl (C=O) groups excluding carboxylic acids is 2. The molecule has 0 aromatic rings. The molecule has 0 saturated carbocycles. The summed E-state index contributed by atoms with van der Waals surface area (Å²) in [6.07, 6.45) is 0. The highest BCUT2D eigenvalue weighted by Crippen LogP contribution is 2.05.